The van der Waals surface area contributed by atoms with Gasteiger partial charge in [0.1, 0.15) is 11.4 Å². The van der Waals surface area contributed by atoms with Crippen LogP contribution in [0.25, 0.3) is 10.9 Å². The summed E-state index contributed by atoms with van der Waals surface area (Å²) in [5.41, 5.74) is 6.02. The van der Waals surface area contributed by atoms with E-state index in [1.807, 2.05) is 11.8 Å². The number of nitrogens with zero attached hydrogens (tertiary/aromatic N) is 2. The molecule has 0 radical (unpaired) electrons. The molecule has 0 amide bonds. The molecule has 138 valence electrons. The van der Waals surface area contributed by atoms with E-state index in [-0.39, 0.29) is 29.0 Å². The van der Waals surface area contributed by atoms with Crippen molar-refractivity contribution in [3.05, 3.63) is 38.3 Å². The number of fused-ring (bicyclic) bond motifs is 1. The highest BCUT2D eigenvalue weighted by Gasteiger charge is 2.33. The van der Waals surface area contributed by atoms with Gasteiger partial charge in [-0.15, -0.1) is 0 Å². The summed E-state index contributed by atoms with van der Waals surface area (Å²) in [6.07, 6.45) is 3.19. The zero-order valence-corrected chi connectivity index (χ0v) is 15.8. The van der Waals surface area contributed by atoms with Crippen molar-refractivity contribution in [3.63, 3.8) is 0 Å². The minimum Gasteiger partial charge on any atom is -0.477 e. The van der Waals surface area contributed by atoms with Gasteiger partial charge in [0.25, 0.3) is 0 Å². The average molecular weight is 424 g/mol. The lowest BCUT2D eigenvalue weighted by Gasteiger charge is -2.23. The number of carbonyl (C=O) groups is 1. The molecule has 1 saturated heterocycles. The molecular formula is C18H19BrFN3O3. The predicted octanol–water partition coefficient (Wildman–Crippen LogP) is 2.72. The molecule has 2 heterocycles. The Labute approximate surface area is 157 Å². The topological polar surface area (TPSA) is 88.6 Å². The van der Waals surface area contributed by atoms with Crippen molar-refractivity contribution in [2.24, 2.45) is 11.7 Å². The average Bonchev–Trinajstić information content (AvgIpc) is 3.35. The Morgan fingerprint density at radius 2 is 2.08 bits per heavy atom. The first-order valence-electron chi connectivity index (χ1n) is 8.60. The Kier molecular flexibility index (Phi) is 4.07. The van der Waals surface area contributed by atoms with Crippen LogP contribution in [0.2, 0.25) is 0 Å². The number of carboxylic acids is 1. The van der Waals surface area contributed by atoms with E-state index < -0.39 is 17.2 Å². The van der Waals surface area contributed by atoms with E-state index in [1.165, 1.54) is 6.20 Å². The molecule has 1 aliphatic carbocycles. The molecule has 4 rings (SSSR count). The standard InChI is InChI=1S/C18H19BrFN3O3/c1-8-5-22(7-13(8)21)16-12(20)4-10-15(14(16)19)23(9-2-3-9)6-11(17(10)24)18(25)26/h4,6,8-9,13H,2-3,5,7,21H2,1H3,(H,25,26)/t8-,13+/m1/s1. The van der Waals surface area contributed by atoms with Gasteiger partial charge in [0, 0.05) is 31.4 Å². The summed E-state index contributed by atoms with van der Waals surface area (Å²) in [6, 6.07) is 1.25. The van der Waals surface area contributed by atoms with Crippen LogP contribution >= 0.6 is 15.9 Å². The van der Waals surface area contributed by atoms with Crippen LogP contribution in [0.5, 0.6) is 0 Å². The number of aromatic carboxylic acids is 1. The van der Waals surface area contributed by atoms with Gasteiger partial charge in [-0.25, -0.2) is 9.18 Å². The molecule has 1 aromatic heterocycles. The number of pyridine rings is 1. The van der Waals surface area contributed by atoms with Crippen molar-refractivity contribution in [2.75, 3.05) is 18.0 Å². The van der Waals surface area contributed by atoms with Crippen molar-refractivity contribution >= 4 is 38.5 Å². The van der Waals surface area contributed by atoms with Crippen LogP contribution in [0.1, 0.15) is 36.2 Å². The van der Waals surface area contributed by atoms with Crippen LogP contribution in [0.15, 0.2) is 21.5 Å². The number of anilines is 1. The van der Waals surface area contributed by atoms with E-state index in [0.717, 1.165) is 18.9 Å². The molecule has 1 aromatic carbocycles. The second-order valence-corrected chi connectivity index (χ2v) is 8.07. The number of rotatable bonds is 3. The minimum atomic E-state index is -1.30. The summed E-state index contributed by atoms with van der Waals surface area (Å²) in [5.74, 6) is -1.61. The second-order valence-electron chi connectivity index (χ2n) is 7.28. The zero-order chi connectivity index (χ0) is 18.7. The van der Waals surface area contributed by atoms with Gasteiger partial charge < -0.3 is 20.3 Å². The maximum absolute atomic E-state index is 14.9. The molecule has 3 N–H and O–H groups in total. The molecule has 2 atom stereocenters. The highest BCUT2D eigenvalue weighted by molar-refractivity contribution is 9.10. The minimum absolute atomic E-state index is 0.0444. The van der Waals surface area contributed by atoms with Crippen LogP contribution in [0.4, 0.5) is 10.1 Å². The van der Waals surface area contributed by atoms with Crippen LogP contribution < -0.4 is 16.1 Å². The molecule has 0 spiro atoms. The summed E-state index contributed by atoms with van der Waals surface area (Å²) < 4.78 is 17.2. The lowest BCUT2D eigenvalue weighted by Crippen LogP contribution is -2.29. The SMILES string of the molecule is C[C@@H]1CN(c2c(F)cc3c(=O)c(C(=O)O)cn(C4CC4)c3c2Br)C[C@@H]1N. The van der Waals surface area contributed by atoms with Crippen molar-refractivity contribution < 1.29 is 14.3 Å². The Hall–Kier alpha value is -1.93. The van der Waals surface area contributed by atoms with Crippen molar-refractivity contribution in [3.8, 4) is 0 Å². The Bertz CT molecular complexity index is 976. The monoisotopic (exact) mass is 423 g/mol. The van der Waals surface area contributed by atoms with Gasteiger partial charge in [0.05, 0.1) is 21.1 Å². The summed E-state index contributed by atoms with van der Waals surface area (Å²) in [4.78, 5) is 25.9. The first-order valence-corrected chi connectivity index (χ1v) is 9.39. The summed E-state index contributed by atoms with van der Waals surface area (Å²) in [6.45, 7) is 3.18. The fourth-order valence-corrected chi connectivity index (χ4v) is 4.55. The number of carboxylic acid groups (broad SMARTS) is 1. The van der Waals surface area contributed by atoms with Crippen molar-refractivity contribution in [2.45, 2.75) is 31.8 Å². The zero-order valence-electron chi connectivity index (χ0n) is 14.2. The fraction of sp³-hybridized carbons (Fsp3) is 0.444. The Balaban J connectivity index is 2.00. The van der Waals surface area contributed by atoms with Gasteiger partial charge in [-0.05, 0) is 40.8 Å². The van der Waals surface area contributed by atoms with Gasteiger partial charge >= 0.3 is 5.97 Å². The first-order chi connectivity index (χ1) is 12.3. The fourth-order valence-electron chi connectivity index (χ4n) is 3.69. The molecular weight excluding hydrogens is 405 g/mol. The number of aromatic nitrogens is 1. The summed E-state index contributed by atoms with van der Waals surface area (Å²) >= 11 is 3.50. The number of hydrogen-bond acceptors (Lipinski definition) is 4. The molecule has 0 unspecified atom stereocenters. The molecule has 2 aliphatic rings. The molecule has 1 saturated carbocycles. The quantitative estimate of drug-likeness (QED) is 0.791. The van der Waals surface area contributed by atoms with Gasteiger partial charge in [0.15, 0.2) is 0 Å². The van der Waals surface area contributed by atoms with Crippen molar-refractivity contribution in [1.29, 1.82) is 0 Å². The lowest BCUT2D eigenvalue weighted by atomic mass is 10.1. The summed E-state index contributed by atoms with van der Waals surface area (Å²) in [5, 5.41) is 9.42. The number of hydrogen-bond donors (Lipinski definition) is 2. The molecule has 6 nitrogen and oxygen atoms in total. The molecule has 1 aliphatic heterocycles. The number of benzene rings is 1. The van der Waals surface area contributed by atoms with Gasteiger partial charge in [-0.2, -0.15) is 0 Å². The Morgan fingerprint density at radius 1 is 1.38 bits per heavy atom. The molecule has 26 heavy (non-hydrogen) atoms. The highest BCUT2D eigenvalue weighted by atomic mass is 79.9. The second kappa shape index (κ2) is 6.06. The van der Waals surface area contributed by atoms with E-state index in [4.69, 9.17) is 5.73 Å². The maximum Gasteiger partial charge on any atom is 0.341 e. The molecule has 2 fully saturated rings. The van der Waals surface area contributed by atoms with Gasteiger partial charge in [0.2, 0.25) is 5.43 Å². The van der Waals surface area contributed by atoms with E-state index in [1.54, 1.807) is 4.57 Å². The summed E-state index contributed by atoms with van der Waals surface area (Å²) in [7, 11) is 0. The largest absolute Gasteiger partial charge is 0.477 e. The molecule has 0 bridgehead atoms. The molecule has 8 heteroatoms. The van der Waals surface area contributed by atoms with Crippen LogP contribution in [0, 0.1) is 11.7 Å². The third-order valence-corrected chi connectivity index (χ3v) is 6.09. The van der Waals surface area contributed by atoms with Crippen LogP contribution in [0.3, 0.4) is 0 Å². The number of nitrogens with two attached hydrogens (primary N) is 1. The first kappa shape index (κ1) is 17.5. The van der Waals surface area contributed by atoms with E-state index >= 15 is 0 Å². The van der Waals surface area contributed by atoms with Crippen LogP contribution in [-0.4, -0.2) is 34.8 Å². The van der Waals surface area contributed by atoms with E-state index in [2.05, 4.69) is 15.9 Å². The van der Waals surface area contributed by atoms with Crippen molar-refractivity contribution in [1.82, 2.24) is 4.57 Å². The Morgan fingerprint density at radius 3 is 2.62 bits per heavy atom. The highest BCUT2D eigenvalue weighted by Crippen LogP contribution is 2.43. The lowest BCUT2D eigenvalue weighted by molar-refractivity contribution is 0.0695. The third-order valence-electron chi connectivity index (χ3n) is 5.34. The predicted molar refractivity (Wildman–Crippen MR) is 100 cm³/mol. The van der Waals surface area contributed by atoms with E-state index in [9.17, 15) is 19.1 Å². The van der Waals surface area contributed by atoms with Crippen LogP contribution in [-0.2, 0) is 0 Å². The normalized spacial score (nSPS) is 23.0. The third kappa shape index (κ3) is 2.63. The smallest absolute Gasteiger partial charge is 0.341 e. The number of halogens is 2. The maximum atomic E-state index is 14.9. The van der Waals surface area contributed by atoms with Gasteiger partial charge in [-0.1, -0.05) is 6.92 Å². The van der Waals surface area contributed by atoms with Gasteiger partial charge in [-0.3, -0.25) is 4.79 Å². The molecule has 2 aromatic rings. The van der Waals surface area contributed by atoms with E-state index in [0.29, 0.717) is 28.8 Å².